The molecule has 0 aliphatic carbocycles. The van der Waals surface area contributed by atoms with Crippen molar-refractivity contribution in [2.45, 2.75) is 38.8 Å². The molecule has 1 aliphatic rings. The van der Waals surface area contributed by atoms with E-state index in [2.05, 4.69) is 10.1 Å². The zero-order valence-corrected chi connectivity index (χ0v) is 10.0. The number of carbonyl (C=O) groups excluding carboxylic acids is 1. The molecule has 6 heteroatoms. The Morgan fingerprint density at radius 2 is 2.56 bits per heavy atom. The average Bonchev–Trinajstić information content (AvgIpc) is 2.77. The number of carbonyl (C=O) groups is 1. The normalized spacial score (nSPS) is 20.2. The lowest BCUT2D eigenvalue weighted by atomic mass is 10.2. The van der Waals surface area contributed by atoms with Crippen LogP contribution in [0.15, 0.2) is 0 Å². The van der Waals surface area contributed by atoms with Crippen molar-refractivity contribution in [3.05, 3.63) is 10.6 Å². The number of ketones is 1. The summed E-state index contributed by atoms with van der Waals surface area (Å²) in [5, 5.41) is 3.04. The number of hydrogen-bond acceptors (Lipinski definition) is 4. The molecule has 1 aromatic heterocycles. The van der Waals surface area contributed by atoms with Gasteiger partial charge in [0.25, 0.3) is 0 Å². The monoisotopic (exact) mass is 241 g/mol. The molecule has 1 atom stereocenters. The highest BCUT2D eigenvalue weighted by atomic mass is 32.1. The smallest absolute Gasteiger partial charge is 0.216 e. The zero-order chi connectivity index (χ0) is 11.5. The summed E-state index contributed by atoms with van der Waals surface area (Å²) in [6.45, 7) is 3.06. The van der Waals surface area contributed by atoms with E-state index in [1.54, 1.807) is 4.68 Å². The molecule has 0 spiro atoms. The van der Waals surface area contributed by atoms with Gasteiger partial charge in [-0.3, -0.25) is 14.6 Å². The SMILES string of the molecule is CC(=O)Cc1nc(=S)n(CC2CCCO2)[nH]1. The average molecular weight is 241 g/mol. The van der Waals surface area contributed by atoms with Crippen LogP contribution in [-0.2, 0) is 22.5 Å². The second kappa shape index (κ2) is 4.88. The quantitative estimate of drug-likeness (QED) is 0.806. The van der Waals surface area contributed by atoms with Crippen LogP contribution >= 0.6 is 12.2 Å². The number of nitrogens with one attached hydrogen (secondary N) is 1. The van der Waals surface area contributed by atoms with Crippen LogP contribution in [0, 0.1) is 4.77 Å². The lowest BCUT2D eigenvalue weighted by molar-refractivity contribution is -0.116. The Balaban J connectivity index is 2.05. The summed E-state index contributed by atoms with van der Waals surface area (Å²) in [5.74, 6) is 0.712. The van der Waals surface area contributed by atoms with Gasteiger partial charge in [-0.1, -0.05) is 0 Å². The van der Waals surface area contributed by atoms with Crippen LogP contribution in [0.3, 0.4) is 0 Å². The van der Waals surface area contributed by atoms with E-state index < -0.39 is 0 Å². The van der Waals surface area contributed by atoms with Crippen LogP contribution in [0.2, 0.25) is 0 Å². The highest BCUT2D eigenvalue weighted by Crippen LogP contribution is 2.13. The van der Waals surface area contributed by atoms with Crippen LogP contribution in [-0.4, -0.2) is 33.3 Å². The van der Waals surface area contributed by atoms with E-state index in [1.807, 2.05) is 0 Å². The minimum Gasteiger partial charge on any atom is -0.376 e. The molecular formula is C10H15N3O2S. The Bertz CT molecular complexity index is 432. The number of H-pyrrole nitrogens is 1. The van der Waals surface area contributed by atoms with Crippen molar-refractivity contribution in [2.24, 2.45) is 0 Å². The molecule has 1 aliphatic heterocycles. The first kappa shape index (κ1) is 11.5. The highest BCUT2D eigenvalue weighted by Gasteiger charge is 2.17. The van der Waals surface area contributed by atoms with E-state index in [-0.39, 0.29) is 11.9 Å². The largest absolute Gasteiger partial charge is 0.376 e. The predicted molar refractivity (Wildman–Crippen MR) is 60.8 cm³/mol. The Morgan fingerprint density at radius 3 is 3.19 bits per heavy atom. The number of aromatic nitrogens is 3. The van der Waals surface area contributed by atoms with Crippen LogP contribution in [0.4, 0.5) is 0 Å². The van der Waals surface area contributed by atoms with Gasteiger partial charge in [-0.15, -0.1) is 0 Å². The molecule has 0 amide bonds. The second-order valence-corrected chi connectivity index (χ2v) is 4.44. The number of hydrogen-bond donors (Lipinski definition) is 1. The standard InChI is InChI=1S/C10H15N3O2S/c1-7(14)5-9-11-10(16)13(12-9)6-8-3-2-4-15-8/h8H,2-6H2,1H3,(H,11,12,16). The Morgan fingerprint density at radius 1 is 1.75 bits per heavy atom. The maximum absolute atomic E-state index is 11.0. The van der Waals surface area contributed by atoms with Crippen molar-refractivity contribution in [1.82, 2.24) is 14.8 Å². The minimum absolute atomic E-state index is 0.0769. The topological polar surface area (TPSA) is 59.9 Å². The fourth-order valence-corrected chi connectivity index (χ4v) is 2.07. The third-order valence-electron chi connectivity index (χ3n) is 2.55. The van der Waals surface area contributed by atoms with E-state index in [0.29, 0.717) is 23.6 Å². The number of Topliss-reactive ketones (excluding diaryl/α,β-unsaturated/α-hetero) is 1. The van der Waals surface area contributed by atoms with Gasteiger partial charge in [-0.2, -0.15) is 0 Å². The first-order chi connectivity index (χ1) is 7.65. The van der Waals surface area contributed by atoms with Gasteiger partial charge in [0.1, 0.15) is 11.6 Å². The van der Waals surface area contributed by atoms with Crippen molar-refractivity contribution in [3.8, 4) is 0 Å². The Labute approximate surface area is 98.8 Å². The van der Waals surface area contributed by atoms with Gasteiger partial charge in [0.2, 0.25) is 4.77 Å². The zero-order valence-electron chi connectivity index (χ0n) is 9.23. The molecule has 1 N–H and O–H groups in total. The summed E-state index contributed by atoms with van der Waals surface area (Å²) in [5.41, 5.74) is 0. The van der Waals surface area contributed by atoms with Gasteiger partial charge in [-0.05, 0) is 32.0 Å². The van der Waals surface area contributed by atoms with Crippen LogP contribution in [0.5, 0.6) is 0 Å². The van der Waals surface area contributed by atoms with Crippen molar-refractivity contribution >= 4 is 18.0 Å². The lowest BCUT2D eigenvalue weighted by Gasteiger charge is -2.08. The molecule has 1 fully saturated rings. The van der Waals surface area contributed by atoms with E-state index in [9.17, 15) is 4.79 Å². The van der Waals surface area contributed by atoms with Crippen LogP contribution in [0.1, 0.15) is 25.6 Å². The molecule has 1 aromatic rings. The molecule has 0 aromatic carbocycles. The van der Waals surface area contributed by atoms with E-state index in [0.717, 1.165) is 19.4 Å². The first-order valence-corrected chi connectivity index (χ1v) is 5.83. The molecule has 1 unspecified atom stereocenters. The van der Waals surface area contributed by atoms with Gasteiger partial charge in [0.05, 0.1) is 19.1 Å². The summed E-state index contributed by atoms with van der Waals surface area (Å²) in [7, 11) is 0. The molecule has 2 rings (SSSR count). The maximum atomic E-state index is 11.0. The lowest BCUT2D eigenvalue weighted by Crippen LogP contribution is -2.16. The number of rotatable bonds is 4. The molecular weight excluding hydrogens is 226 g/mol. The third kappa shape index (κ3) is 2.76. The molecule has 5 nitrogen and oxygen atoms in total. The molecule has 0 radical (unpaired) electrons. The summed E-state index contributed by atoms with van der Waals surface area (Å²) >= 11 is 5.11. The van der Waals surface area contributed by atoms with E-state index in [1.165, 1.54) is 6.92 Å². The summed E-state index contributed by atoms with van der Waals surface area (Å²) in [4.78, 5) is 15.1. The predicted octanol–water partition coefficient (Wildman–Crippen LogP) is 1.25. The molecule has 1 saturated heterocycles. The number of nitrogens with zero attached hydrogens (tertiary/aromatic N) is 2. The van der Waals surface area contributed by atoms with Crippen molar-refractivity contribution < 1.29 is 9.53 Å². The first-order valence-electron chi connectivity index (χ1n) is 5.42. The van der Waals surface area contributed by atoms with Gasteiger partial charge in [0, 0.05) is 6.61 Å². The highest BCUT2D eigenvalue weighted by molar-refractivity contribution is 7.71. The van der Waals surface area contributed by atoms with E-state index in [4.69, 9.17) is 17.0 Å². The van der Waals surface area contributed by atoms with Crippen molar-refractivity contribution in [1.29, 1.82) is 0 Å². The van der Waals surface area contributed by atoms with Crippen molar-refractivity contribution in [2.75, 3.05) is 6.61 Å². The summed E-state index contributed by atoms with van der Waals surface area (Å²) < 4.78 is 7.79. The molecule has 2 heterocycles. The van der Waals surface area contributed by atoms with Crippen LogP contribution < -0.4 is 0 Å². The molecule has 88 valence electrons. The summed E-state index contributed by atoms with van der Waals surface area (Å²) in [6, 6.07) is 0. The van der Waals surface area contributed by atoms with E-state index >= 15 is 0 Å². The second-order valence-electron chi connectivity index (χ2n) is 4.08. The molecule has 16 heavy (non-hydrogen) atoms. The minimum atomic E-state index is 0.0769. The Hall–Kier alpha value is -1.01. The summed E-state index contributed by atoms with van der Waals surface area (Å²) in [6.07, 6.45) is 2.69. The molecule has 0 saturated carbocycles. The number of ether oxygens (including phenoxy) is 1. The fourth-order valence-electron chi connectivity index (χ4n) is 1.83. The van der Waals surface area contributed by atoms with Gasteiger partial charge >= 0.3 is 0 Å². The maximum Gasteiger partial charge on any atom is 0.216 e. The van der Waals surface area contributed by atoms with Gasteiger partial charge in [0.15, 0.2) is 0 Å². The Kier molecular flexibility index (Phi) is 3.50. The molecule has 0 bridgehead atoms. The third-order valence-corrected chi connectivity index (χ3v) is 2.86. The fraction of sp³-hybridized carbons (Fsp3) is 0.700. The van der Waals surface area contributed by atoms with Crippen molar-refractivity contribution in [3.63, 3.8) is 0 Å². The van der Waals surface area contributed by atoms with Gasteiger partial charge < -0.3 is 4.74 Å². The number of aromatic amines is 1. The van der Waals surface area contributed by atoms with Gasteiger partial charge in [-0.25, -0.2) is 4.98 Å². The van der Waals surface area contributed by atoms with Crippen LogP contribution in [0.25, 0.3) is 0 Å².